The number of benzene rings is 3. The lowest BCUT2D eigenvalue weighted by molar-refractivity contribution is 0.268. The molecule has 0 spiro atoms. The fourth-order valence-electron chi connectivity index (χ4n) is 3.41. The molecule has 2 heterocycles. The molecular formula is C23H18N4. The molecule has 0 aliphatic carbocycles. The molecule has 2 aliphatic heterocycles. The molecule has 0 radical (unpaired) electrons. The summed E-state index contributed by atoms with van der Waals surface area (Å²) in [6.07, 6.45) is -0.303. The average Bonchev–Trinajstić information content (AvgIpc) is 3.18. The van der Waals surface area contributed by atoms with E-state index in [0.717, 1.165) is 33.8 Å². The van der Waals surface area contributed by atoms with E-state index in [1.54, 1.807) is 0 Å². The third-order valence-corrected chi connectivity index (χ3v) is 4.75. The molecule has 0 N–H and O–H groups in total. The minimum absolute atomic E-state index is 0.303. The second-order valence-corrected chi connectivity index (χ2v) is 6.54. The van der Waals surface area contributed by atoms with Gasteiger partial charge in [0.1, 0.15) is 5.71 Å². The molecule has 3 aromatic carbocycles. The highest BCUT2D eigenvalue weighted by Crippen LogP contribution is 2.24. The molecule has 0 aromatic heterocycles. The van der Waals surface area contributed by atoms with Crippen LogP contribution in [0.1, 0.15) is 16.7 Å². The molecule has 0 unspecified atom stereocenters. The number of nitrogens with zero attached hydrogens (tertiary/aromatic N) is 4. The van der Waals surface area contributed by atoms with Gasteiger partial charge in [-0.3, -0.25) is 0 Å². The van der Waals surface area contributed by atoms with Crippen molar-refractivity contribution < 1.29 is 0 Å². The van der Waals surface area contributed by atoms with Crippen molar-refractivity contribution in [2.45, 2.75) is 6.29 Å². The van der Waals surface area contributed by atoms with Gasteiger partial charge < -0.3 is 0 Å². The van der Waals surface area contributed by atoms with Gasteiger partial charge in [-0.2, -0.15) is 5.10 Å². The fourth-order valence-corrected chi connectivity index (χ4v) is 3.41. The van der Waals surface area contributed by atoms with Crippen molar-refractivity contribution in [1.82, 2.24) is 5.01 Å². The molecule has 4 heteroatoms. The first-order valence-electron chi connectivity index (χ1n) is 9.05. The number of hydrogen-bond acceptors (Lipinski definition) is 4. The molecule has 4 nitrogen and oxygen atoms in total. The van der Waals surface area contributed by atoms with Crippen molar-refractivity contribution in [1.29, 1.82) is 0 Å². The lowest BCUT2D eigenvalue weighted by atomic mass is 9.99. The second-order valence-electron chi connectivity index (χ2n) is 6.54. The molecule has 0 bridgehead atoms. The monoisotopic (exact) mass is 350 g/mol. The Morgan fingerprint density at radius 3 is 1.70 bits per heavy atom. The highest BCUT2D eigenvalue weighted by Gasteiger charge is 2.32. The van der Waals surface area contributed by atoms with E-state index in [2.05, 4.69) is 36.4 Å². The van der Waals surface area contributed by atoms with Crippen LogP contribution >= 0.6 is 0 Å². The third kappa shape index (κ3) is 2.95. The number of hydrogen-bond donors (Lipinski definition) is 0. The first kappa shape index (κ1) is 15.7. The summed E-state index contributed by atoms with van der Waals surface area (Å²) in [5.41, 5.74) is 6.05. The molecule has 0 saturated heterocycles. The molecule has 3 aromatic rings. The van der Waals surface area contributed by atoms with Crippen molar-refractivity contribution in [3.8, 4) is 0 Å². The Labute approximate surface area is 158 Å². The Balaban J connectivity index is 1.59. The lowest BCUT2D eigenvalue weighted by Crippen LogP contribution is -2.35. The molecule has 2 aliphatic rings. The minimum atomic E-state index is -0.303. The summed E-state index contributed by atoms with van der Waals surface area (Å²) in [7, 11) is 0. The average molecular weight is 350 g/mol. The standard InChI is InChI=1S/C23H18N4/c1-4-10-17(11-5-1)20-16-27-23(24-20)25-21(18-12-6-2-7-13-18)22(26-27)19-14-8-3-9-15-19/h1-15,23H,16H2/t23-/m0/s1. The highest BCUT2D eigenvalue weighted by molar-refractivity contribution is 6.53. The molecule has 0 fully saturated rings. The van der Waals surface area contributed by atoms with Crippen LogP contribution in [0.25, 0.3) is 0 Å². The van der Waals surface area contributed by atoms with Crippen molar-refractivity contribution in [2.24, 2.45) is 15.1 Å². The quantitative estimate of drug-likeness (QED) is 0.704. The first-order chi connectivity index (χ1) is 13.4. The maximum absolute atomic E-state index is 4.97. The van der Waals surface area contributed by atoms with Gasteiger partial charge in [0.2, 0.25) is 6.29 Å². The van der Waals surface area contributed by atoms with Gasteiger partial charge in [-0.25, -0.2) is 15.0 Å². The van der Waals surface area contributed by atoms with E-state index in [9.17, 15) is 0 Å². The van der Waals surface area contributed by atoms with Crippen LogP contribution in [0.15, 0.2) is 106 Å². The summed E-state index contributed by atoms with van der Waals surface area (Å²) in [6, 6.07) is 30.7. The summed E-state index contributed by atoms with van der Waals surface area (Å²) in [6.45, 7) is 0.663. The van der Waals surface area contributed by atoms with Gasteiger partial charge in [0.25, 0.3) is 0 Å². The Morgan fingerprint density at radius 1 is 0.593 bits per heavy atom. The van der Waals surface area contributed by atoms with Gasteiger partial charge in [-0.1, -0.05) is 91.0 Å². The van der Waals surface area contributed by atoms with Gasteiger partial charge in [0.05, 0.1) is 18.0 Å². The number of hydrazone groups is 1. The Hall–Kier alpha value is -3.53. The molecule has 130 valence electrons. The summed E-state index contributed by atoms with van der Waals surface area (Å²) < 4.78 is 0. The van der Waals surface area contributed by atoms with E-state index in [-0.39, 0.29) is 6.29 Å². The van der Waals surface area contributed by atoms with Crippen molar-refractivity contribution in [3.05, 3.63) is 108 Å². The van der Waals surface area contributed by atoms with Crippen LogP contribution in [0, 0.1) is 0 Å². The molecule has 27 heavy (non-hydrogen) atoms. The first-order valence-corrected chi connectivity index (χ1v) is 9.05. The maximum atomic E-state index is 4.97. The van der Waals surface area contributed by atoms with Crippen LogP contribution in [0.4, 0.5) is 0 Å². The number of fused-ring (bicyclic) bond motifs is 1. The zero-order valence-corrected chi connectivity index (χ0v) is 14.7. The van der Waals surface area contributed by atoms with E-state index in [1.165, 1.54) is 0 Å². The van der Waals surface area contributed by atoms with E-state index in [4.69, 9.17) is 15.1 Å². The van der Waals surface area contributed by atoms with Crippen LogP contribution in [0.3, 0.4) is 0 Å². The summed E-state index contributed by atoms with van der Waals surface area (Å²) in [5, 5.41) is 6.92. The largest absolute Gasteiger partial charge is 0.246 e. The molecule has 5 rings (SSSR count). The van der Waals surface area contributed by atoms with Crippen LogP contribution in [0.2, 0.25) is 0 Å². The minimum Gasteiger partial charge on any atom is -0.246 e. The molecule has 1 atom stereocenters. The fraction of sp³-hybridized carbons (Fsp3) is 0.0870. The van der Waals surface area contributed by atoms with Gasteiger partial charge in [-0.05, 0) is 5.56 Å². The normalized spacial score (nSPS) is 18.4. The molecular weight excluding hydrogens is 332 g/mol. The predicted molar refractivity (Wildman–Crippen MR) is 109 cm³/mol. The lowest BCUT2D eigenvalue weighted by Gasteiger charge is -2.25. The molecule has 0 saturated carbocycles. The van der Waals surface area contributed by atoms with Gasteiger partial charge in [0, 0.05) is 11.1 Å². The SMILES string of the molecule is c1ccc(C2=N[C@H]3N=C(c4ccccc4)C(c4ccccc4)=NN3C2)cc1. The van der Waals surface area contributed by atoms with Crippen LogP contribution in [0.5, 0.6) is 0 Å². The second kappa shape index (κ2) is 6.65. The zero-order valence-electron chi connectivity index (χ0n) is 14.7. The Morgan fingerprint density at radius 2 is 1.11 bits per heavy atom. The number of aliphatic imine (C=N–C) groups is 2. The smallest absolute Gasteiger partial charge is 0.232 e. The van der Waals surface area contributed by atoms with Gasteiger partial charge in [-0.15, -0.1) is 0 Å². The predicted octanol–water partition coefficient (Wildman–Crippen LogP) is 3.98. The van der Waals surface area contributed by atoms with E-state index < -0.39 is 0 Å². The third-order valence-electron chi connectivity index (χ3n) is 4.75. The maximum Gasteiger partial charge on any atom is 0.232 e. The summed E-state index contributed by atoms with van der Waals surface area (Å²) in [4.78, 5) is 9.80. The zero-order chi connectivity index (χ0) is 18.1. The number of rotatable bonds is 3. The molecule has 0 amide bonds. The van der Waals surface area contributed by atoms with Crippen molar-refractivity contribution in [2.75, 3.05) is 6.54 Å². The van der Waals surface area contributed by atoms with Gasteiger partial charge in [0.15, 0.2) is 0 Å². The van der Waals surface area contributed by atoms with Crippen LogP contribution in [-0.2, 0) is 0 Å². The Kier molecular flexibility index (Phi) is 3.87. The van der Waals surface area contributed by atoms with Crippen molar-refractivity contribution in [3.63, 3.8) is 0 Å². The highest BCUT2D eigenvalue weighted by atomic mass is 15.6. The van der Waals surface area contributed by atoms with Crippen LogP contribution in [-0.4, -0.2) is 35.0 Å². The topological polar surface area (TPSA) is 40.3 Å². The van der Waals surface area contributed by atoms with Crippen molar-refractivity contribution >= 4 is 17.1 Å². The summed E-state index contributed by atoms with van der Waals surface area (Å²) in [5.74, 6) is 0. The van der Waals surface area contributed by atoms with Crippen LogP contribution < -0.4 is 0 Å². The summed E-state index contributed by atoms with van der Waals surface area (Å²) >= 11 is 0. The van der Waals surface area contributed by atoms with Gasteiger partial charge >= 0.3 is 0 Å². The van der Waals surface area contributed by atoms with E-state index >= 15 is 0 Å². The Bertz CT molecular complexity index is 1040. The van der Waals surface area contributed by atoms with E-state index in [0.29, 0.717) is 6.54 Å². The van der Waals surface area contributed by atoms with E-state index in [1.807, 2.05) is 59.6 Å².